The normalized spacial score (nSPS) is 30.8. The second-order valence-corrected chi connectivity index (χ2v) is 14.2. The zero-order chi connectivity index (χ0) is 27.8. The standard InChI is InChI=1S/C30H40N6O3S/c1-15-22(27-34-24-21(40-27)11-13-31-23(24)17-8-9-17)26(36-30(39)12-10-19(25(30)37)29(2,3)38)35-28(32-15)33-20-14-18(20)16-6-4-5-7-16/h11,13,16-20,25,37-39H,4-10,12,14H2,1-3H3,(H2,32,33,35,36). The summed E-state index contributed by atoms with van der Waals surface area (Å²) in [6.07, 6.45) is 10.2. The minimum Gasteiger partial charge on any atom is -0.390 e. The third-order valence-electron chi connectivity index (χ3n) is 9.71. The van der Waals surface area contributed by atoms with Gasteiger partial charge in [0.25, 0.3) is 0 Å². The molecule has 4 aliphatic carbocycles. The smallest absolute Gasteiger partial charge is 0.225 e. The predicted molar refractivity (Wildman–Crippen MR) is 156 cm³/mol. The molecule has 3 aromatic rings. The van der Waals surface area contributed by atoms with Crippen molar-refractivity contribution in [2.45, 2.75) is 108 Å². The van der Waals surface area contributed by atoms with E-state index >= 15 is 0 Å². The number of nitrogens with one attached hydrogen (secondary N) is 2. The van der Waals surface area contributed by atoms with Crippen molar-refractivity contribution in [2.24, 2.45) is 17.8 Å². The van der Waals surface area contributed by atoms with Crippen LogP contribution in [-0.2, 0) is 0 Å². The van der Waals surface area contributed by atoms with Gasteiger partial charge in [0, 0.05) is 24.1 Å². The first kappa shape index (κ1) is 26.5. The van der Waals surface area contributed by atoms with E-state index < -0.39 is 23.3 Å². The number of aliphatic hydroxyl groups is 3. The fourth-order valence-electron chi connectivity index (χ4n) is 7.17. The first-order valence-electron chi connectivity index (χ1n) is 14.9. The van der Waals surface area contributed by atoms with Crippen LogP contribution < -0.4 is 10.6 Å². The van der Waals surface area contributed by atoms with Gasteiger partial charge in [-0.05, 0) is 70.8 Å². The van der Waals surface area contributed by atoms with Crippen molar-refractivity contribution in [2.75, 3.05) is 10.6 Å². The number of fused-ring (bicyclic) bond motifs is 1. The zero-order valence-electron chi connectivity index (χ0n) is 23.5. The fraction of sp³-hybridized carbons (Fsp3) is 0.667. The first-order chi connectivity index (χ1) is 19.1. The van der Waals surface area contributed by atoms with Gasteiger partial charge in [0.2, 0.25) is 5.95 Å². The molecule has 0 bridgehead atoms. The van der Waals surface area contributed by atoms with E-state index in [1.807, 2.05) is 19.2 Å². The number of nitrogens with zero attached hydrogens (tertiary/aromatic N) is 4. The molecule has 0 spiro atoms. The summed E-state index contributed by atoms with van der Waals surface area (Å²) < 4.78 is 1.07. The highest BCUT2D eigenvalue weighted by Crippen LogP contribution is 2.48. The van der Waals surface area contributed by atoms with E-state index in [1.165, 1.54) is 25.7 Å². The molecule has 5 N–H and O–H groups in total. The first-order valence-corrected chi connectivity index (χ1v) is 15.7. The highest BCUT2D eigenvalue weighted by molar-refractivity contribution is 7.21. The number of hydrogen-bond acceptors (Lipinski definition) is 10. The molecule has 7 rings (SSSR count). The molecule has 3 aromatic heterocycles. The molecule has 4 aliphatic rings. The number of rotatable bonds is 8. The lowest BCUT2D eigenvalue weighted by atomic mass is 9.87. The average molecular weight is 565 g/mol. The Morgan fingerprint density at radius 1 is 1.07 bits per heavy atom. The van der Waals surface area contributed by atoms with Gasteiger partial charge in [-0.15, -0.1) is 11.3 Å². The van der Waals surface area contributed by atoms with Crippen molar-refractivity contribution >= 4 is 33.3 Å². The van der Waals surface area contributed by atoms with Crippen LogP contribution in [0.15, 0.2) is 12.3 Å². The summed E-state index contributed by atoms with van der Waals surface area (Å²) in [5.74, 6) is 2.45. The van der Waals surface area contributed by atoms with E-state index in [9.17, 15) is 15.3 Å². The molecular formula is C30H40N6O3S. The van der Waals surface area contributed by atoms with Gasteiger partial charge >= 0.3 is 0 Å². The number of aliphatic hydroxyl groups excluding tert-OH is 1. The van der Waals surface area contributed by atoms with Crippen LogP contribution in [0.1, 0.15) is 88.9 Å². The molecule has 0 aliphatic heterocycles. The van der Waals surface area contributed by atoms with E-state index in [1.54, 1.807) is 25.2 Å². The maximum Gasteiger partial charge on any atom is 0.225 e. The summed E-state index contributed by atoms with van der Waals surface area (Å²) in [5.41, 5.74) is 0.703. The van der Waals surface area contributed by atoms with Gasteiger partial charge in [-0.25, -0.2) is 9.97 Å². The predicted octanol–water partition coefficient (Wildman–Crippen LogP) is 4.97. The van der Waals surface area contributed by atoms with Crippen LogP contribution in [0.3, 0.4) is 0 Å². The van der Waals surface area contributed by atoms with E-state index in [4.69, 9.17) is 15.0 Å². The SMILES string of the molecule is Cc1nc(NC2CC2C2CCCC2)nc(NC2(O)CCC(C(C)(C)O)C2O)c1-c1nc2c(C3CC3)nccc2s1. The van der Waals surface area contributed by atoms with Crippen LogP contribution in [0.2, 0.25) is 0 Å². The molecule has 0 radical (unpaired) electrons. The summed E-state index contributed by atoms with van der Waals surface area (Å²) in [6.45, 7) is 5.31. The van der Waals surface area contributed by atoms with Gasteiger partial charge < -0.3 is 26.0 Å². The number of hydrogen-bond donors (Lipinski definition) is 5. The minimum absolute atomic E-state index is 0.288. The van der Waals surface area contributed by atoms with E-state index in [2.05, 4.69) is 15.6 Å². The fourth-order valence-corrected chi connectivity index (χ4v) is 8.24. The monoisotopic (exact) mass is 564 g/mol. The quantitative estimate of drug-likeness (QED) is 0.240. The minimum atomic E-state index is -1.64. The van der Waals surface area contributed by atoms with E-state index in [-0.39, 0.29) is 6.42 Å². The van der Waals surface area contributed by atoms with Crippen molar-refractivity contribution in [3.63, 3.8) is 0 Å². The molecule has 0 amide bonds. The van der Waals surface area contributed by atoms with Crippen molar-refractivity contribution in [3.8, 4) is 10.6 Å². The molecule has 0 aromatic carbocycles. The molecular weight excluding hydrogens is 524 g/mol. The van der Waals surface area contributed by atoms with Crippen molar-refractivity contribution in [3.05, 3.63) is 23.7 Å². The molecule has 0 saturated heterocycles. The van der Waals surface area contributed by atoms with Gasteiger partial charge in [0.15, 0.2) is 5.72 Å². The number of anilines is 2. The Morgan fingerprint density at radius 2 is 1.85 bits per heavy atom. The van der Waals surface area contributed by atoms with Gasteiger partial charge in [-0.1, -0.05) is 25.7 Å². The summed E-state index contributed by atoms with van der Waals surface area (Å²) in [5, 5.41) is 41.0. The highest BCUT2D eigenvalue weighted by Gasteiger charge is 2.52. The summed E-state index contributed by atoms with van der Waals surface area (Å²) >= 11 is 1.57. The van der Waals surface area contributed by atoms with Crippen molar-refractivity contribution < 1.29 is 15.3 Å². The molecule has 214 valence electrons. The Kier molecular flexibility index (Phi) is 6.34. The third-order valence-corrected chi connectivity index (χ3v) is 10.8. The van der Waals surface area contributed by atoms with Crippen LogP contribution in [0, 0.1) is 24.7 Å². The lowest BCUT2D eigenvalue weighted by Gasteiger charge is -2.34. The summed E-state index contributed by atoms with van der Waals surface area (Å²) in [6, 6.07) is 2.37. The second-order valence-electron chi connectivity index (χ2n) is 13.2. The van der Waals surface area contributed by atoms with Gasteiger partial charge in [-0.2, -0.15) is 4.98 Å². The molecule has 5 unspecified atom stereocenters. The van der Waals surface area contributed by atoms with Crippen molar-refractivity contribution in [1.29, 1.82) is 0 Å². The lowest BCUT2D eigenvalue weighted by molar-refractivity contribution is -0.0926. The van der Waals surface area contributed by atoms with Crippen LogP contribution >= 0.6 is 11.3 Å². The van der Waals surface area contributed by atoms with E-state index in [0.717, 1.165) is 57.4 Å². The molecule has 40 heavy (non-hydrogen) atoms. The van der Waals surface area contributed by atoms with Crippen molar-refractivity contribution in [1.82, 2.24) is 19.9 Å². The molecule has 10 heteroatoms. The number of thiazole rings is 1. The molecule has 4 saturated carbocycles. The van der Waals surface area contributed by atoms with Gasteiger partial charge in [0.1, 0.15) is 22.4 Å². The Bertz CT molecular complexity index is 1430. The van der Waals surface area contributed by atoms with Crippen LogP contribution in [0.4, 0.5) is 11.8 Å². The molecule has 3 heterocycles. The molecule has 9 nitrogen and oxygen atoms in total. The highest BCUT2D eigenvalue weighted by atomic mass is 32.1. The topological polar surface area (TPSA) is 136 Å². The maximum absolute atomic E-state index is 11.7. The lowest BCUT2D eigenvalue weighted by Crippen LogP contribution is -2.51. The van der Waals surface area contributed by atoms with Gasteiger partial charge in [0.05, 0.1) is 27.3 Å². The largest absolute Gasteiger partial charge is 0.390 e. The van der Waals surface area contributed by atoms with E-state index in [0.29, 0.717) is 36.1 Å². The Hall–Kier alpha value is -2.40. The molecule has 4 fully saturated rings. The zero-order valence-corrected chi connectivity index (χ0v) is 24.3. The Morgan fingerprint density at radius 3 is 2.55 bits per heavy atom. The number of aromatic nitrogens is 4. The Balaban J connectivity index is 1.25. The second kappa shape index (κ2) is 9.58. The Labute approximate surface area is 238 Å². The summed E-state index contributed by atoms with van der Waals surface area (Å²) in [4.78, 5) is 19.4. The maximum atomic E-state index is 11.7. The molecule has 5 atom stereocenters. The third kappa shape index (κ3) is 4.76. The van der Waals surface area contributed by atoms with Crippen LogP contribution in [0.25, 0.3) is 20.8 Å². The summed E-state index contributed by atoms with van der Waals surface area (Å²) in [7, 11) is 0. The van der Waals surface area contributed by atoms with Gasteiger partial charge in [-0.3, -0.25) is 4.98 Å². The number of aryl methyl sites for hydroxylation is 1. The van der Waals surface area contributed by atoms with Crippen LogP contribution in [0.5, 0.6) is 0 Å². The average Bonchev–Trinajstić information content (AvgIpc) is 3.73. The van der Waals surface area contributed by atoms with Crippen LogP contribution in [-0.4, -0.2) is 58.7 Å². The number of pyridine rings is 1.